The van der Waals surface area contributed by atoms with Crippen LogP contribution in [0.1, 0.15) is 46.5 Å². The average molecular weight is 534 g/mol. The van der Waals surface area contributed by atoms with Gasteiger partial charge in [0.25, 0.3) is 17.7 Å². The molecule has 2 aromatic rings. The van der Waals surface area contributed by atoms with E-state index in [-0.39, 0.29) is 37.4 Å². The number of ether oxygens (including phenoxy) is 1. The van der Waals surface area contributed by atoms with E-state index in [2.05, 4.69) is 22.6 Å². The van der Waals surface area contributed by atoms with Crippen LogP contribution in [0.4, 0.5) is 5.69 Å². The number of anilines is 1. The van der Waals surface area contributed by atoms with Gasteiger partial charge in [-0.1, -0.05) is 19.1 Å². The number of hydrogen-bond donors (Lipinski definition) is 0. The molecule has 1 heterocycles. The highest BCUT2D eigenvalue weighted by molar-refractivity contribution is 14.1. The standard InChI is InChI=1S/C23H23IN2O5/c1-3-15-5-7-16(8-6-15)22(29)26-19-10-9-17(24)13-18(19)23(30)25(14-20(26)27)12-11-21(28)31-4-2/h5-10,13H,3-4,11-12,14H2,1-2H3. The van der Waals surface area contributed by atoms with E-state index in [1.165, 1.54) is 4.90 Å². The zero-order valence-corrected chi connectivity index (χ0v) is 19.5. The summed E-state index contributed by atoms with van der Waals surface area (Å²) in [6.45, 7) is 3.69. The second-order valence-electron chi connectivity index (χ2n) is 7.03. The zero-order valence-electron chi connectivity index (χ0n) is 17.4. The molecule has 0 aromatic heterocycles. The van der Waals surface area contributed by atoms with Crippen molar-refractivity contribution in [3.8, 4) is 0 Å². The number of imide groups is 1. The molecule has 2 aromatic carbocycles. The van der Waals surface area contributed by atoms with Crippen LogP contribution >= 0.6 is 22.6 Å². The molecule has 0 saturated carbocycles. The summed E-state index contributed by atoms with van der Waals surface area (Å²) >= 11 is 2.07. The number of fused-ring (bicyclic) bond motifs is 1. The SMILES string of the molecule is CCOC(=O)CCN1CC(=O)N(C(=O)c2ccc(CC)cc2)c2ccc(I)cc2C1=O. The number of amides is 3. The van der Waals surface area contributed by atoms with Gasteiger partial charge in [-0.05, 0) is 71.8 Å². The van der Waals surface area contributed by atoms with Gasteiger partial charge in [-0.3, -0.25) is 19.2 Å². The Morgan fingerprint density at radius 1 is 1.06 bits per heavy atom. The number of hydrogen-bond acceptors (Lipinski definition) is 5. The van der Waals surface area contributed by atoms with Crippen LogP contribution in [0.15, 0.2) is 42.5 Å². The molecular formula is C23H23IN2O5. The highest BCUT2D eigenvalue weighted by Crippen LogP contribution is 2.29. The van der Waals surface area contributed by atoms with Crippen LogP contribution in [-0.4, -0.2) is 48.3 Å². The van der Waals surface area contributed by atoms with Gasteiger partial charge in [-0.2, -0.15) is 0 Å². The van der Waals surface area contributed by atoms with E-state index in [4.69, 9.17) is 4.74 Å². The third-order valence-electron chi connectivity index (χ3n) is 5.00. The third-order valence-corrected chi connectivity index (χ3v) is 5.67. The van der Waals surface area contributed by atoms with E-state index in [9.17, 15) is 19.2 Å². The van der Waals surface area contributed by atoms with Gasteiger partial charge in [0.05, 0.1) is 24.3 Å². The lowest BCUT2D eigenvalue weighted by Crippen LogP contribution is -2.43. The lowest BCUT2D eigenvalue weighted by atomic mass is 10.1. The third kappa shape index (κ3) is 5.12. The van der Waals surface area contributed by atoms with Crippen molar-refractivity contribution in [2.24, 2.45) is 0 Å². The van der Waals surface area contributed by atoms with Crippen LogP contribution in [0.2, 0.25) is 0 Å². The monoisotopic (exact) mass is 534 g/mol. The second-order valence-corrected chi connectivity index (χ2v) is 8.27. The molecule has 0 saturated heterocycles. The molecule has 1 aliphatic rings. The van der Waals surface area contributed by atoms with E-state index in [0.717, 1.165) is 20.5 Å². The summed E-state index contributed by atoms with van der Waals surface area (Å²) in [6, 6.07) is 12.1. The summed E-state index contributed by atoms with van der Waals surface area (Å²) in [7, 11) is 0. The van der Waals surface area contributed by atoms with Crippen LogP contribution in [0.3, 0.4) is 0 Å². The molecule has 31 heavy (non-hydrogen) atoms. The number of aryl methyl sites for hydroxylation is 1. The largest absolute Gasteiger partial charge is 0.466 e. The molecule has 0 atom stereocenters. The molecular weight excluding hydrogens is 511 g/mol. The van der Waals surface area contributed by atoms with Crippen LogP contribution in [0.25, 0.3) is 0 Å². The quantitative estimate of drug-likeness (QED) is 0.322. The van der Waals surface area contributed by atoms with Crippen molar-refractivity contribution in [1.82, 2.24) is 4.90 Å². The van der Waals surface area contributed by atoms with Gasteiger partial charge in [0.2, 0.25) is 0 Å². The molecule has 3 amide bonds. The molecule has 0 aliphatic carbocycles. The highest BCUT2D eigenvalue weighted by Gasteiger charge is 2.35. The van der Waals surface area contributed by atoms with E-state index in [0.29, 0.717) is 5.56 Å². The first kappa shape index (κ1) is 22.9. The van der Waals surface area contributed by atoms with E-state index < -0.39 is 23.7 Å². The van der Waals surface area contributed by atoms with Crippen molar-refractivity contribution in [1.29, 1.82) is 0 Å². The Bertz CT molecular complexity index is 1020. The van der Waals surface area contributed by atoms with E-state index in [1.54, 1.807) is 37.3 Å². The Morgan fingerprint density at radius 3 is 2.42 bits per heavy atom. The molecule has 7 nitrogen and oxygen atoms in total. The molecule has 0 fully saturated rings. The maximum absolute atomic E-state index is 13.3. The van der Waals surface area contributed by atoms with Gasteiger partial charge in [0.15, 0.2) is 0 Å². The second kappa shape index (κ2) is 10.0. The minimum absolute atomic E-state index is 0.0292. The van der Waals surface area contributed by atoms with Gasteiger partial charge < -0.3 is 9.64 Å². The summed E-state index contributed by atoms with van der Waals surface area (Å²) in [5, 5.41) is 0. The molecule has 0 spiro atoms. The number of rotatable bonds is 6. The van der Waals surface area contributed by atoms with Crippen LogP contribution in [0.5, 0.6) is 0 Å². The minimum Gasteiger partial charge on any atom is -0.466 e. The van der Waals surface area contributed by atoms with Gasteiger partial charge >= 0.3 is 5.97 Å². The number of carbonyl (C=O) groups excluding carboxylic acids is 4. The van der Waals surface area contributed by atoms with Crippen molar-refractivity contribution >= 4 is 52.0 Å². The number of esters is 1. The summed E-state index contributed by atoms with van der Waals surface area (Å²) in [5.74, 6) is -1.86. The molecule has 0 unspecified atom stereocenters. The number of benzene rings is 2. The first-order valence-corrected chi connectivity index (χ1v) is 11.1. The van der Waals surface area contributed by atoms with E-state index >= 15 is 0 Å². The summed E-state index contributed by atoms with van der Waals surface area (Å²) in [5.41, 5.74) is 1.94. The molecule has 3 rings (SSSR count). The predicted molar refractivity (Wildman–Crippen MR) is 124 cm³/mol. The molecule has 0 N–H and O–H groups in total. The maximum Gasteiger partial charge on any atom is 0.307 e. The smallest absolute Gasteiger partial charge is 0.307 e. The minimum atomic E-state index is -0.526. The Morgan fingerprint density at radius 2 is 1.77 bits per heavy atom. The molecule has 0 bridgehead atoms. The Kier molecular flexibility index (Phi) is 7.42. The molecule has 8 heteroatoms. The number of halogens is 1. The van der Waals surface area contributed by atoms with Gasteiger partial charge in [-0.15, -0.1) is 0 Å². The van der Waals surface area contributed by atoms with Crippen molar-refractivity contribution in [2.75, 3.05) is 24.6 Å². The summed E-state index contributed by atoms with van der Waals surface area (Å²) in [6.07, 6.45) is 0.806. The Balaban J connectivity index is 1.97. The van der Waals surface area contributed by atoms with Crippen LogP contribution in [-0.2, 0) is 20.7 Å². The van der Waals surface area contributed by atoms with Crippen LogP contribution < -0.4 is 4.90 Å². The predicted octanol–water partition coefficient (Wildman–Crippen LogP) is 3.44. The first-order chi connectivity index (χ1) is 14.8. The number of nitrogens with zero attached hydrogens (tertiary/aromatic N) is 2. The molecule has 0 radical (unpaired) electrons. The maximum atomic E-state index is 13.3. The average Bonchev–Trinajstić information content (AvgIpc) is 2.86. The van der Waals surface area contributed by atoms with Crippen LogP contribution in [0, 0.1) is 3.57 Å². The Labute approximate surface area is 194 Å². The summed E-state index contributed by atoms with van der Waals surface area (Å²) in [4.78, 5) is 53.7. The van der Waals surface area contributed by atoms with Gasteiger partial charge in [0.1, 0.15) is 6.54 Å². The normalized spacial score (nSPS) is 13.6. The highest BCUT2D eigenvalue weighted by atomic mass is 127. The van der Waals surface area contributed by atoms with Crippen molar-refractivity contribution < 1.29 is 23.9 Å². The molecule has 162 valence electrons. The number of carbonyl (C=O) groups is 4. The van der Waals surface area contributed by atoms with Gasteiger partial charge in [-0.25, -0.2) is 4.90 Å². The fourth-order valence-corrected chi connectivity index (χ4v) is 3.85. The van der Waals surface area contributed by atoms with Gasteiger partial charge in [0, 0.05) is 15.7 Å². The summed E-state index contributed by atoms with van der Waals surface area (Å²) < 4.78 is 5.72. The lowest BCUT2D eigenvalue weighted by Gasteiger charge is -2.21. The van der Waals surface area contributed by atoms with Crippen molar-refractivity contribution in [3.05, 3.63) is 62.7 Å². The zero-order chi connectivity index (χ0) is 22.5. The van der Waals surface area contributed by atoms with E-state index in [1.807, 2.05) is 19.1 Å². The fraction of sp³-hybridized carbons (Fsp3) is 0.304. The Hall–Kier alpha value is -2.75. The topological polar surface area (TPSA) is 84.0 Å². The van der Waals surface area contributed by atoms with Crippen molar-refractivity contribution in [3.63, 3.8) is 0 Å². The van der Waals surface area contributed by atoms with Crippen molar-refractivity contribution in [2.45, 2.75) is 26.7 Å². The lowest BCUT2D eigenvalue weighted by molar-refractivity contribution is -0.143. The fourth-order valence-electron chi connectivity index (χ4n) is 3.36. The first-order valence-electron chi connectivity index (χ1n) is 10.1. The molecule has 1 aliphatic heterocycles.